The molecule has 2 aliphatic rings. The second kappa shape index (κ2) is 3.72. The molecule has 1 heterocycles. The van der Waals surface area contributed by atoms with E-state index in [2.05, 4.69) is 5.32 Å². The standard InChI is InChI=1S/C9H15NO3S/c1-2-13-6-3-9(4-6)10-7(5-14-9)8(11)12/h6-7,10H,2-5H2,1H3,(H,11,12)/t6?,7-,9?/m0/s1. The topological polar surface area (TPSA) is 58.6 Å². The number of ether oxygens (including phenoxy) is 1. The molecule has 0 aromatic rings. The summed E-state index contributed by atoms with van der Waals surface area (Å²) in [4.78, 5) is 10.7. The summed E-state index contributed by atoms with van der Waals surface area (Å²) in [5.74, 6) is -0.0667. The number of hydrogen-bond acceptors (Lipinski definition) is 4. The van der Waals surface area contributed by atoms with Gasteiger partial charge >= 0.3 is 5.97 Å². The molecule has 14 heavy (non-hydrogen) atoms. The molecule has 0 unspecified atom stereocenters. The average molecular weight is 217 g/mol. The molecule has 0 aromatic carbocycles. The van der Waals surface area contributed by atoms with Gasteiger partial charge < -0.3 is 9.84 Å². The first-order valence-corrected chi connectivity index (χ1v) is 5.90. The van der Waals surface area contributed by atoms with E-state index in [1.165, 1.54) is 0 Å². The summed E-state index contributed by atoms with van der Waals surface area (Å²) in [5.41, 5.74) is 0. The summed E-state index contributed by atoms with van der Waals surface area (Å²) in [5, 5.41) is 12.0. The van der Waals surface area contributed by atoms with Crippen molar-refractivity contribution in [3.63, 3.8) is 0 Å². The van der Waals surface area contributed by atoms with Crippen LogP contribution in [0.25, 0.3) is 0 Å². The fourth-order valence-corrected chi connectivity index (χ4v) is 3.59. The summed E-state index contributed by atoms with van der Waals surface area (Å²) in [6.45, 7) is 2.73. The SMILES string of the molecule is CCOC1CC2(C1)N[C@H](C(=O)O)CS2. The van der Waals surface area contributed by atoms with Gasteiger partial charge in [-0.25, -0.2) is 0 Å². The van der Waals surface area contributed by atoms with Gasteiger partial charge in [-0.1, -0.05) is 0 Å². The van der Waals surface area contributed by atoms with Crippen LogP contribution in [0, 0.1) is 0 Å². The van der Waals surface area contributed by atoms with Crippen LogP contribution in [0.4, 0.5) is 0 Å². The molecule has 0 amide bonds. The third kappa shape index (κ3) is 1.76. The highest BCUT2D eigenvalue weighted by atomic mass is 32.2. The monoisotopic (exact) mass is 217 g/mol. The number of hydrogen-bond donors (Lipinski definition) is 2. The number of rotatable bonds is 3. The van der Waals surface area contributed by atoms with E-state index < -0.39 is 5.97 Å². The van der Waals surface area contributed by atoms with Gasteiger partial charge in [0.15, 0.2) is 0 Å². The summed E-state index contributed by atoms with van der Waals surface area (Å²) in [6, 6.07) is -0.373. The number of carboxylic acids is 1. The van der Waals surface area contributed by atoms with Crippen molar-refractivity contribution in [2.75, 3.05) is 12.4 Å². The average Bonchev–Trinajstić information content (AvgIpc) is 2.48. The molecule has 1 saturated carbocycles. The molecule has 2 fully saturated rings. The van der Waals surface area contributed by atoms with E-state index in [4.69, 9.17) is 9.84 Å². The van der Waals surface area contributed by atoms with E-state index in [-0.39, 0.29) is 10.9 Å². The molecule has 1 atom stereocenters. The van der Waals surface area contributed by atoms with Crippen molar-refractivity contribution in [2.24, 2.45) is 0 Å². The van der Waals surface area contributed by atoms with Crippen molar-refractivity contribution < 1.29 is 14.6 Å². The third-order valence-corrected chi connectivity index (χ3v) is 4.28. The normalized spacial score (nSPS) is 41.2. The molecule has 0 bridgehead atoms. The molecule has 2 N–H and O–H groups in total. The van der Waals surface area contributed by atoms with Crippen LogP contribution in [-0.2, 0) is 9.53 Å². The minimum atomic E-state index is -0.741. The van der Waals surface area contributed by atoms with Crippen LogP contribution >= 0.6 is 11.8 Å². The molecule has 0 radical (unpaired) electrons. The van der Waals surface area contributed by atoms with Crippen molar-refractivity contribution in [2.45, 2.75) is 36.8 Å². The van der Waals surface area contributed by atoms with Gasteiger partial charge in [0.2, 0.25) is 0 Å². The Kier molecular flexibility index (Phi) is 2.72. The lowest BCUT2D eigenvalue weighted by Gasteiger charge is -2.44. The smallest absolute Gasteiger partial charge is 0.321 e. The van der Waals surface area contributed by atoms with Crippen molar-refractivity contribution in [3.8, 4) is 0 Å². The lowest BCUT2D eigenvalue weighted by Crippen LogP contribution is -2.55. The van der Waals surface area contributed by atoms with E-state index >= 15 is 0 Å². The lowest BCUT2D eigenvalue weighted by molar-refractivity contribution is -0.139. The highest BCUT2D eigenvalue weighted by molar-refractivity contribution is 8.01. The maximum Gasteiger partial charge on any atom is 0.321 e. The van der Waals surface area contributed by atoms with Gasteiger partial charge in [-0.2, -0.15) is 0 Å². The zero-order valence-corrected chi connectivity index (χ0v) is 8.97. The number of thioether (sulfide) groups is 1. The predicted octanol–water partition coefficient (Wildman–Crippen LogP) is 0.671. The highest BCUT2D eigenvalue weighted by Crippen LogP contribution is 2.47. The quantitative estimate of drug-likeness (QED) is 0.727. The molecular formula is C9H15NO3S. The van der Waals surface area contributed by atoms with E-state index in [0.29, 0.717) is 11.9 Å². The molecule has 1 aliphatic carbocycles. The van der Waals surface area contributed by atoms with Crippen molar-refractivity contribution in [1.82, 2.24) is 5.32 Å². The van der Waals surface area contributed by atoms with E-state index in [1.54, 1.807) is 11.8 Å². The fraction of sp³-hybridized carbons (Fsp3) is 0.889. The van der Waals surface area contributed by atoms with Crippen LogP contribution in [0.2, 0.25) is 0 Å². The van der Waals surface area contributed by atoms with E-state index in [0.717, 1.165) is 19.4 Å². The number of nitrogens with one attached hydrogen (secondary N) is 1. The van der Waals surface area contributed by atoms with E-state index in [1.807, 2.05) is 6.92 Å². The molecule has 2 rings (SSSR count). The first-order chi connectivity index (χ1) is 6.65. The van der Waals surface area contributed by atoms with Crippen molar-refractivity contribution in [3.05, 3.63) is 0 Å². The van der Waals surface area contributed by atoms with Gasteiger partial charge in [-0.05, 0) is 6.92 Å². The Bertz CT molecular complexity index is 240. The van der Waals surface area contributed by atoms with Crippen LogP contribution in [-0.4, -0.2) is 40.5 Å². The van der Waals surface area contributed by atoms with Gasteiger partial charge in [0, 0.05) is 25.2 Å². The number of aliphatic carboxylic acids is 1. The Morgan fingerprint density at radius 3 is 2.93 bits per heavy atom. The molecule has 1 aliphatic heterocycles. The zero-order valence-electron chi connectivity index (χ0n) is 8.16. The predicted molar refractivity (Wildman–Crippen MR) is 54.4 cm³/mol. The molecule has 0 aromatic heterocycles. The van der Waals surface area contributed by atoms with Crippen molar-refractivity contribution in [1.29, 1.82) is 0 Å². The minimum absolute atomic E-state index is 0.00287. The summed E-state index contributed by atoms with van der Waals surface area (Å²) in [6.07, 6.45) is 2.21. The van der Waals surface area contributed by atoms with Crippen LogP contribution in [0.15, 0.2) is 0 Å². The second-order valence-corrected chi connectivity index (χ2v) is 5.23. The lowest BCUT2D eigenvalue weighted by atomic mass is 9.88. The molecule has 80 valence electrons. The Labute approximate surface area is 87.4 Å². The zero-order chi connectivity index (χ0) is 10.2. The number of carbonyl (C=O) groups is 1. The van der Waals surface area contributed by atoms with Gasteiger partial charge in [0.05, 0.1) is 11.0 Å². The second-order valence-electron chi connectivity index (χ2n) is 3.83. The van der Waals surface area contributed by atoms with Crippen LogP contribution < -0.4 is 5.32 Å². The summed E-state index contributed by atoms with van der Waals surface area (Å²) in [7, 11) is 0. The first kappa shape index (κ1) is 10.3. The van der Waals surface area contributed by atoms with Crippen LogP contribution in [0.3, 0.4) is 0 Å². The molecule has 1 saturated heterocycles. The van der Waals surface area contributed by atoms with E-state index in [9.17, 15) is 4.79 Å². The number of carboxylic acid groups (broad SMARTS) is 1. The maximum absolute atomic E-state index is 10.7. The molecule has 1 spiro atoms. The molecule has 4 nitrogen and oxygen atoms in total. The van der Waals surface area contributed by atoms with Gasteiger partial charge in [0.1, 0.15) is 6.04 Å². The van der Waals surface area contributed by atoms with Crippen LogP contribution in [0.1, 0.15) is 19.8 Å². The summed E-state index contributed by atoms with van der Waals surface area (Å²) < 4.78 is 5.46. The largest absolute Gasteiger partial charge is 0.480 e. The van der Waals surface area contributed by atoms with Gasteiger partial charge in [0.25, 0.3) is 0 Å². The Morgan fingerprint density at radius 1 is 1.71 bits per heavy atom. The highest BCUT2D eigenvalue weighted by Gasteiger charge is 2.51. The van der Waals surface area contributed by atoms with Crippen LogP contribution in [0.5, 0.6) is 0 Å². The molecular weight excluding hydrogens is 202 g/mol. The third-order valence-electron chi connectivity index (χ3n) is 2.78. The first-order valence-electron chi connectivity index (χ1n) is 4.91. The molecule has 5 heteroatoms. The minimum Gasteiger partial charge on any atom is -0.480 e. The van der Waals surface area contributed by atoms with Gasteiger partial charge in [-0.15, -0.1) is 11.8 Å². The maximum atomic E-state index is 10.7. The Morgan fingerprint density at radius 2 is 2.43 bits per heavy atom. The van der Waals surface area contributed by atoms with Crippen molar-refractivity contribution >= 4 is 17.7 Å². The Hall–Kier alpha value is -0.260. The summed E-state index contributed by atoms with van der Waals surface area (Å²) >= 11 is 1.73. The fourth-order valence-electron chi connectivity index (χ4n) is 2.04. The van der Waals surface area contributed by atoms with Gasteiger partial charge in [-0.3, -0.25) is 10.1 Å². The Balaban J connectivity index is 1.82.